The summed E-state index contributed by atoms with van der Waals surface area (Å²) < 4.78 is 23.9. The van der Waals surface area contributed by atoms with Crippen molar-refractivity contribution in [1.29, 1.82) is 0 Å². The molecule has 2 aromatic carbocycles. The van der Waals surface area contributed by atoms with Crippen LogP contribution in [0.5, 0.6) is 5.75 Å². The Hall–Kier alpha value is -2.64. The average molecular weight is 677 g/mol. The highest BCUT2D eigenvalue weighted by molar-refractivity contribution is 7.85. The number of benzene rings is 2. The Morgan fingerprint density at radius 1 is 0.854 bits per heavy atom. The molecule has 0 saturated heterocycles. The van der Waals surface area contributed by atoms with Gasteiger partial charge in [-0.15, -0.1) is 0 Å². The number of unbranched alkanes of at least 4 members (excludes halogenated alkanes) is 1. The second-order valence-corrected chi connectivity index (χ2v) is 16.2. The highest BCUT2D eigenvalue weighted by Gasteiger charge is 2.27. The maximum Gasteiger partial charge on any atom is 0.247 e. The maximum absolute atomic E-state index is 13.8. The molecule has 1 amide bonds. The Balaban J connectivity index is 1.33. The number of nitrogens with one attached hydrogen (secondary N) is 1. The third-order valence-corrected chi connectivity index (χ3v) is 12.3. The normalized spacial score (nSPS) is 22.6. The molecule has 264 valence electrons. The van der Waals surface area contributed by atoms with E-state index in [2.05, 4.69) is 53.5 Å². The summed E-state index contributed by atoms with van der Waals surface area (Å²) in [5.41, 5.74) is 5.54. The first-order chi connectivity index (χ1) is 23.5. The lowest BCUT2D eigenvalue weighted by Gasteiger charge is -2.33. The highest BCUT2D eigenvalue weighted by Crippen LogP contribution is 2.35. The first kappa shape index (κ1) is 36.6. The lowest BCUT2D eigenvalue weighted by molar-refractivity contribution is -0.118. The van der Waals surface area contributed by atoms with Gasteiger partial charge >= 0.3 is 0 Å². The second kappa shape index (κ2) is 19.5. The smallest absolute Gasteiger partial charge is 0.247 e. The van der Waals surface area contributed by atoms with Crippen molar-refractivity contribution in [3.8, 4) is 16.9 Å². The molecular formula is C41H60N2O4S. The van der Waals surface area contributed by atoms with E-state index in [4.69, 9.17) is 9.47 Å². The number of hydrogen-bond acceptors (Lipinski definition) is 5. The lowest BCUT2D eigenvalue weighted by atomic mass is 9.89. The molecule has 2 fully saturated rings. The minimum atomic E-state index is -0.747. The number of carbonyl (C=O) groups is 1. The van der Waals surface area contributed by atoms with E-state index in [-0.39, 0.29) is 17.2 Å². The Labute approximate surface area is 292 Å². The number of nitrogens with zero attached hydrogens (tertiary/aromatic N) is 1. The van der Waals surface area contributed by atoms with Gasteiger partial charge in [0.2, 0.25) is 5.91 Å². The van der Waals surface area contributed by atoms with Gasteiger partial charge in [0.25, 0.3) is 0 Å². The van der Waals surface area contributed by atoms with Gasteiger partial charge < -0.3 is 19.7 Å². The molecule has 1 heterocycles. The summed E-state index contributed by atoms with van der Waals surface area (Å²) in [4.78, 5) is 16.4. The molecular weight excluding hydrogens is 617 g/mol. The molecule has 2 aliphatic carbocycles. The SMILES string of the molecule is CCCCOCCOc1ccc(-c2ccc3c(c2)/C=C(/C(=O)NC2CCC(S(=O)CC)CC2)CCCN3CC2CCCCCCC2)cc1. The zero-order valence-corrected chi connectivity index (χ0v) is 30.5. The summed E-state index contributed by atoms with van der Waals surface area (Å²) in [7, 11) is -0.747. The monoisotopic (exact) mass is 676 g/mol. The fourth-order valence-corrected chi connectivity index (χ4v) is 8.95. The molecule has 2 saturated carbocycles. The van der Waals surface area contributed by atoms with Crippen LogP contribution in [-0.2, 0) is 20.3 Å². The first-order valence-electron chi connectivity index (χ1n) is 19.1. The van der Waals surface area contributed by atoms with Crippen molar-refractivity contribution in [2.45, 2.75) is 121 Å². The van der Waals surface area contributed by atoms with E-state index < -0.39 is 10.8 Å². The predicted molar refractivity (Wildman–Crippen MR) is 201 cm³/mol. The zero-order valence-electron chi connectivity index (χ0n) is 29.7. The van der Waals surface area contributed by atoms with Gasteiger partial charge in [-0.1, -0.05) is 70.6 Å². The summed E-state index contributed by atoms with van der Waals surface area (Å²) in [6.07, 6.45) is 19.3. The first-order valence-corrected chi connectivity index (χ1v) is 20.5. The van der Waals surface area contributed by atoms with E-state index in [9.17, 15) is 9.00 Å². The molecule has 0 radical (unpaired) electrons. The summed E-state index contributed by atoms with van der Waals surface area (Å²) in [6.45, 7) is 8.18. The molecule has 3 aliphatic rings. The minimum Gasteiger partial charge on any atom is -0.491 e. The number of fused-ring (bicyclic) bond motifs is 1. The number of rotatable bonds is 14. The molecule has 6 nitrogen and oxygen atoms in total. The summed E-state index contributed by atoms with van der Waals surface area (Å²) >= 11 is 0. The van der Waals surface area contributed by atoms with Crippen LogP contribution in [-0.4, -0.2) is 60.1 Å². The molecule has 1 N–H and O–H groups in total. The standard InChI is InChI=1S/C41H60N2O4S/c1-3-5-26-46-27-28-47-38-20-15-33(16-21-38)34-17-24-40-36(29-34)30-35(41(44)42-37-18-22-39(23-19-37)48(45)4-2)14-11-25-43(40)31-32-12-9-7-6-8-10-13-32/h15-17,20-21,24,29-30,32,37,39H,3-14,18-19,22-23,25-28,31H2,1-2H3,(H,42,44)/b35-30+. The van der Waals surface area contributed by atoms with Gasteiger partial charge in [0.15, 0.2) is 0 Å². The molecule has 7 heteroatoms. The van der Waals surface area contributed by atoms with Crippen LogP contribution < -0.4 is 15.0 Å². The van der Waals surface area contributed by atoms with Gasteiger partial charge in [-0.25, -0.2) is 0 Å². The van der Waals surface area contributed by atoms with E-state index in [1.54, 1.807) is 0 Å². The Kier molecular flexibility index (Phi) is 14.9. The Morgan fingerprint density at radius 3 is 2.31 bits per heavy atom. The van der Waals surface area contributed by atoms with E-state index in [0.29, 0.717) is 13.2 Å². The van der Waals surface area contributed by atoms with Crippen LogP contribution in [0.3, 0.4) is 0 Å². The second-order valence-electron chi connectivity index (χ2n) is 14.2. The van der Waals surface area contributed by atoms with Crippen molar-refractivity contribution in [2.75, 3.05) is 43.6 Å². The fourth-order valence-electron chi connectivity index (χ4n) is 7.68. The van der Waals surface area contributed by atoms with Crippen molar-refractivity contribution < 1.29 is 18.5 Å². The maximum atomic E-state index is 13.8. The minimum absolute atomic E-state index is 0.0695. The van der Waals surface area contributed by atoms with Crippen LogP contribution in [0.4, 0.5) is 5.69 Å². The van der Waals surface area contributed by atoms with E-state index >= 15 is 0 Å². The molecule has 1 unspecified atom stereocenters. The quantitative estimate of drug-likeness (QED) is 0.202. The van der Waals surface area contributed by atoms with Crippen LogP contribution in [0.1, 0.15) is 116 Å². The van der Waals surface area contributed by atoms with Crippen molar-refractivity contribution in [3.05, 3.63) is 53.6 Å². The van der Waals surface area contributed by atoms with Gasteiger partial charge in [-0.3, -0.25) is 9.00 Å². The average Bonchev–Trinajstić information content (AvgIpc) is 3.09. The van der Waals surface area contributed by atoms with E-state index in [1.165, 1.54) is 50.6 Å². The van der Waals surface area contributed by atoms with Crippen LogP contribution in [0.25, 0.3) is 17.2 Å². The third-order valence-electron chi connectivity index (χ3n) is 10.6. The molecule has 0 spiro atoms. The Bertz CT molecular complexity index is 1330. The molecule has 0 aromatic heterocycles. The number of hydrogen-bond donors (Lipinski definition) is 1. The molecule has 1 aliphatic heterocycles. The van der Waals surface area contributed by atoms with Crippen molar-refractivity contribution in [1.82, 2.24) is 5.32 Å². The van der Waals surface area contributed by atoms with Crippen LogP contribution in [0.15, 0.2) is 48.0 Å². The highest BCUT2D eigenvalue weighted by atomic mass is 32.2. The van der Waals surface area contributed by atoms with Crippen LogP contribution in [0.2, 0.25) is 0 Å². The number of amides is 1. The largest absolute Gasteiger partial charge is 0.491 e. The van der Waals surface area contributed by atoms with E-state index in [0.717, 1.165) is 111 Å². The van der Waals surface area contributed by atoms with Gasteiger partial charge in [0.05, 0.1) is 6.61 Å². The predicted octanol–water partition coefficient (Wildman–Crippen LogP) is 9.09. The number of ether oxygens (including phenoxy) is 2. The molecule has 5 rings (SSSR count). The Morgan fingerprint density at radius 2 is 1.58 bits per heavy atom. The molecule has 48 heavy (non-hydrogen) atoms. The number of anilines is 1. The summed E-state index contributed by atoms with van der Waals surface area (Å²) in [6, 6.07) is 15.3. The summed E-state index contributed by atoms with van der Waals surface area (Å²) in [5, 5.41) is 3.66. The van der Waals surface area contributed by atoms with Gasteiger partial charge in [0, 0.05) is 58.8 Å². The molecule has 0 bridgehead atoms. The number of carbonyl (C=O) groups excluding carboxylic acids is 1. The van der Waals surface area contributed by atoms with Crippen LogP contribution in [0, 0.1) is 5.92 Å². The van der Waals surface area contributed by atoms with E-state index in [1.807, 2.05) is 19.1 Å². The summed E-state index contributed by atoms with van der Waals surface area (Å²) in [5.74, 6) is 2.37. The van der Waals surface area contributed by atoms with Crippen molar-refractivity contribution in [3.63, 3.8) is 0 Å². The van der Waals surface area contributed by atoms with Gasteiger partial charge in [0.1, 0.15) is 12.4 Å². The topological polar surface area (TPSA) is 67.9 Å². The van der Waals surface area contributed by atoms with Crippen molar-refractivity contribution in [2.24, 2.45) is 5.92 Å². The molecule has 2 aromatic rings. The lowest BCUT2D eigenvalue weighted by Crippen LogP contribution is -2.40. The van der Waals surface area contributed by atoms with Crippen LogP contribution >= 0.6 is 0 Å². The fraction of sp³-hybridized carbons (Fsp3) is 0.634. The van der Waals surface area contributed by atoms with Gasteiger partial charge in [-0.05, 0) is 111 Å². The van der Waals surface area contributed by atoms with Crippen molar-refractivity contribution >= 4 is 28.5 Å². The third kappa shape index (κ3) is 10.9. The zero-order chi connectivity index (χ0) is 33.6. The molecule has 1 atom stereocenters. The van der Waals surface area contributed by atoms with Gasteiger partial charge in [-0.2, -0.15) is 0 Å².